The maximum Gasteiger partial charge on any atom is 0.227 e. The van der Waals surface area contributed by atoms with Gasteiger partial charge in [0.2, 0.25) is 5.89 Å². The van der Waals surface area contributed by atoms with E-state index in [9.17, 15) is 0 Å². The van der Waals surface area contributed by atoms with Gasteiger partial charge in [0, 0.05) is 22.6 Å². The molecule has 3 heteroatoms. The number of para-hydroxylation sites is 3. The summed E-state index contributed by atoms with van der Waals surface area (Å²) in [6.45, 7) is 0. The predicted molar refractivity (Wildman–Crippen MR) is 149 cm³/mol. The van der Waals surface area contributed by atoms with Gasteiger partial charge < -0.3 is 9.32 Å². The number of oxazole rings is 1. The highest BCUT2D eigenvalue weighted by Gasteiger charge is 2.14. The SMILES string of the molecule is c1ccc(N(c2ccc(-c3nc4ccccc4o3)cc2)c2ccc3cc4ccccc4cc3c2)cc1. The molecule has 3 nitrogen and oxygen atoms in total. The van der Waals surface area contributed by atoms with E-state index in [1.165, 1.54) is 21.5 Å². The molecule has 7 aromatic rings. The van der Waals surface area contributed by atoms with Crippen LogP contribution in [0.15, 0.2) is 138 Å². The number of nitrogens with zero attached hydrogens (tertiary/aromatic N) is 2. The number of fused-ring (bicyclic) bond motifs is 3. The maximum absolute atomic E-state index is 5.98. The summed E-state index contributed by atoms with van der Waals surface area (Å²) in [6, 6.07) is 46.4. The van der Waals surface area contributed by atoms with Gasteiger partial charge in [-0.05, 0) is 94.3 Å². The van der Waals surface area contributed by atoms with E-state index >= 15 is 0 Å². The van der Waals surface area contributed by atoms with Crippen molar-refractivity contribution in [2.45, 2.75) is 0 Å². The van der Waals surface area contributed by atoms with Gasteiger partial charge in [-0.1, -0.05) is 60.7 Å². The zero-order chi connectivity index (χ0) is 23.9. The predicted octanol–water partition coefficient (Wildman–Crippen LogP) is 9.27. The molecule has 0 N–H and O–H groups in total. The van der Waals surface area contributed by atoms with E-state index in [1.54, 1.807) is 0 Å². The van der Waals surface area contributed by atoms with Crippen molar-refractivity contribution in [1.29, 1.82) is 0 Å². The molecule has 1 aromatic heterocycles. The lowest BCUT2D eigenvalue weighted by Gasteiger charge is -2.26. The fourth-order valence-corrected chi connectivity index (χ4v) is 4.84. The Balaban J connectivity index is 1.33. The molecule has 1 heterocycles. The lowest BCUT2D eigenvalue weighted by atomic mass is 10.0. The fourth-order valence-electron chi connectivity index (χ4n) is 4.84. The van der Waals surface area contributed by atoms with Gasteiger partial charge in [0.15, 0.2) is 5.58 Å². The first-order valence-electron chi connectivity index (χ1n) is 12.1. The van der Waals surface area contributed by atoms with Gasteiger partial charge >= 0.3 is 0 Å². The average Bonchev–Trinajstić information content (AvgIpc) is 3.37. The molecule has 0 aliphatic rings. The first kappa shape index (κ1) is 20.5. The van der Waals surface area contributed by atoms with E-state index in [-0.39, 0.29) is 0 Å². The Labute approximate surface area is 208 Å². The summed E-state index contributed by atoms with van der Waals surface area (Å²) >= 11 is 0. The lowest BCUT2D eigenvalue weighted by molar-refractivity contribution is 0.620. The summed E-state index contributed by atoms with van der Waals surface area (Å²) in [5, 5.41) is 4.95. The van der Waals surface area contributed by atoms with E-state index in [2.05, 4.69) is 113 Å². The van der Waals surface area contributed by atoms with E-state index in [0.717, 1.165) is 33.7 Å². The van der Waals surface area contributed by atoms with E-state index in [4.69, 9.17) is 4.42 Å². The number of rotatable bonds is 4. The minimum Gasteiger partial charge on any atom is -0.436 e. The lowest BCUT2D eigenvalue weighted by Crippen LogP contribution is -2.09. The van der Waals surface area contributed by atoms with Gasteiger partial charge in [0.1, 0.15) is 5.52 Å². The summed E-state index contributed by atoms with van der Waals surface area (Å²) in [5.74, 6) is 0.631. The minimum atomic E-state index is 0.631. The van der Waals surface area contributed by atoms with Crippen molar-refractivity contribution in [3.05, 3.63) is 133 Å². The van der Waals surface area contributed by atoms with Crippen molar-refractivity contribution in [3.8, 4) is 11.5 Å². The number of benzene rings is 6. The Morgan fingerprint density at radius 1 is 0.472 bits per heavy atom. The topological polar surface area (TPSA) is 29.3 Å². The second kappa shape index (κ2) is 8.40. The molecule has 170 valence electrons. The van der Waals surface area contributed by atoms with Crippen LogP contribution in [0.2, 0.25) is 0 Å². The molecule has 36 heavy (non-hydrogen) atoms. The molecule has 0 spiro atoms. The zero-order valence-electron chi connectivity index (χ0n) is 19.5. The molecule has 0 radical (unpaired) electrons. The zero-order valence-corrected chi connectivity index (χ0v) is 19.5. The number of anilines is 3. The third kappa shape index (κ3) is 3.58. The standard InChI is InChI=1S/C33H22N2O/c1-2-10-28(11-3-1)35(30-19-16-26-20-24-8-4-5-9-25(24)21-27(26)22-30)29-17-14-23(15-18-29)33-34-31-12-6-7-13-32(31)36-33/h1-22H. The molecule has 0 amide bonds. The van der Waals surface area contributed by atoms with Gasteiger partial charge in [-0.25, -0.2) is 4.98 Å². The summed E-state index contributed by atoms with van der Waals surface area (Å²) in [4.78, 5) is 6.93. The average molecular weight is 463 g/mol. The normalized spacial score (nSPS) is 11.3. The Kier molecular flexibility index (Phi) is 4.78. The summed E-state index contributed by atoms with van der Waals surface area (Å²) in [7, 11) is 0. The molecule has 0 atom stereocenters. The smallest absolute Gasteiger partial charge is 0.227 e. The molecule has 6 aromatic carbocycles. The quantitative estimate of drug-likeness (QED) is 0.244. The second-order valence-electron chi connectivity index (χ2n) is 8.94. The highest BCUT2D eigenvalue weighted by atomic mass is 16.3. The molecule has 0 saturated heterocycles. The van der Waals surface area contributed by atoms with Crippen LogP contribution in [-0.2, 0) is 0 Å². The van der Waals surface area contributed by atoms with E-state index in [1.807, 2.05) is 30.3 Å². The van der Waals surface area contributed by atoms with Gasteiger partial charge in [-0.3, -0.25) is 0 Å². The third-order valence-electron chi connectivity index (χ3n) is 6.63. The van der Waals surface area contributed by atoms with Crippen LogP contribution < -0.4 is 4.90 Å². The van der Waals surface area contributed by atoms with Crippen LogP contribution in [0.25, 0.3) is 44.1 Å². The summed E-state index contributed by atoms with van der Waals surface area (Å²) in [6.07, 6.45) is 0. The van der Waals surface area contributed by atoms with Crippen LogP contribution in [0, 0.1) is 0 Å². The monoisotopic (exact) mass is 462 g/mol. The van der Waals surface area contributed by atoms with Crippen molar-refractivity contribution in [3.63, 3.8) is 0 Å². The third-order valence-corrected chi connectivity index (χ3v) is 6.63. The van der Waals surface area contributed by atoms with Crippen LogP contribution in [0.3, 0.4) is 0 Å². The Morgan fingerprint density at radius 3 is 1.86 bits per heavy atom. The molecule has 0 unspecified atom stereocenters. The largest absolute Gasteiger partial charge is 0.436 e. The number of hydrogen-bond acceptors (Lipinski definition) is 3. The van der Waals surface area contributed by atoms with Crippen molar-refractivity contribution in [2.75, 3.05) is 4.90 Å². The molecule has 7 rings (SSSR count). The second-order valence-corrected chi connectivity index (χ2v) is 8.94. The van der Waals surface area contributed by atoms with Crippen LogP contribution in [0.4, 0.5) is 17.1 Å². The first-order valence-corrected chi connectivity index (χ1v) is 12.1. The van der Waals surface area contributed by atoms with E-state index < -0.39 is 0 Å². The molecule has 0 aliphatic carbocycles. The Morgan fingerprint density at radius 2 is 1.08 bits per heavy atom. The molecule has 0 fully saturated rings. The first-order chi connectivity index (χ1) is 17.8. The number of hydrogen-bond donors (Lipinski definition) is 0. The van der Waals surface area contributed by atoms with Gasteiger partial charge in [0.25, 0.3) is 0 Å². The van der Waals surface area contributed by atoms with Crippen molar-refractivity contribution in [2.24, 2.45) is 0 Å². The molecular weight excluding hydrogens is 440 g/mol. The van der Waals surface area contributed by atoms with Gasteiger partial charge in [-0.15, -0.1) is 0 Å². The van der Waals surface area contributed by atoms with Gasteiger partial charge in [0.05, 0.1) is 0 Å². The molecule has 0 saturated carbocycles. The fraction of sp³-hybridized carbons (Fsp3) is 0. The summed E-state index contributed by atoms with van der Waals surface area (Å²) in [5.41, 5.74) is 5.90. The molecule has 0 bridgehead atoms. The highest BCUT2D eigenvalue weighted by molar-refractivity contribution is 6.00. The maximum atomic E-state index is 5.98. The number of aromatic nitrogens is 1. The summed E-state index contributed by atoms with van der Waals surface area (Å²) < 4.78 is 5.98. The van der Waals surface area contributed by atoms with E-state index in [0.29, 0.717) is 5.89 Å². The molecular formula is C33H22N2O. The Bertz CT molecular complexity index is 1800. The molecule has 0 aliphatic heterocycles. The Hall–Kier alpha value is -4.89. The van der Waals surface area contributed by atoms with Crippen molar-refractivity contribution < 1.29 is 4.42 Å². The van der Waals surface area contributed by atoms with Crippen molar-refractivity contribution in [1.82, 2.24) is 4.98 Å². The van der Waals surface area contributed by atoms with Crippen LogP contribution in [-0.4, -0.2) is 4.98 Å². The van der Waals surface area contributed by atoms with Gasteiger partial charge in [-0.2, -0.15) is 0 Å². The van der Waals surface area contributed by atoms with Crippen LogP contribution in [0.5, 0.6) is 0 Å². The highest BCUT2D eigenvalue weighted by Crippen LogP contribution is 2.37. The van der Waals surface area contributed by atoms with Crippen molar-refractivity contribution >= 4 is 49.7 Å². The van der Waals surface area contributed by atoms with Crippen LogP contribution >= 0.6 is 0 Å². The minimum absolute atomic E-state index is 0.631. The van der Waals surface area contributed by atoms with Crippen LogP contribution in [0.1, 0.15) is 0 Å².